The Bertz CT molecular complexity index is 587. The van der Waals surface area contributed by atoms with E-state index in [0.29, 0.717) is 11.3 Å². The molecule has 3 nitrogen and oxygen atoms in total. The summed E-state index contributed by atoms with van der Waals surface area (Å²) in [6.45, 7) is 0. The second kappa shape index (κ2) is 3.17. The fraction of sp³-hybridized carbons (Fsp3) is 0.273. The van der Waals surface area contributed by atoms with Crippen LogP contribution in [0.3, 0.4) is 0 Å². The van der Waals surface area contributed by atoms with E-state index >= 15 is 0 Å². The molecular formula is C11H9BrN2O. The van der Waals surface area contributed by atoms with Gasteiger partial charge in [0, 0.05) is 4.47 Å². The van der Waals surface area contributed by atoms with Crippen LogP contribution in [0.25, 0.3) is 10.9 Å². The van der Waals surface area contributed by atoms with Gasteiger partial charge in [0.2, 0.25) is 0 Å². The van der Waals surface area contributed by atoms with Crippen molar-refractivity contribution in [2.75, 3.05) is 0 Å². The van der Waals surface area contributed by atoms with E-state index in [1.54, 1.807) is 0 Å². The molecule has 15 heavy (non-hydrogen) atoms. The largest absolute Gasteiger partial charge is 0.313 e. The highest BCUT2D eigenvalue weighted by molar-refractivity contribution is 9.10. The van der Waals surface area contributed by atoms with Crippen LogP contribution in [0.4, 0.5) is 0 Å². The summed E-state index contributed by atoms with van der Waals surface area (Å²) >= 11 is 3.43. The fourth-order valence-corrected chi connectivity index (χ4v) is 2.35. The van der Waals surface area contributed by atoms with E-state index < -0.39 is 0 Å². The van der Waals surface area contributed by atoms with Crippen LogP contribution in [-0.4, -0.2) is 9.97 Å². The Balaban J connectivity index is 2.43. The number of rotatable bonds is 1. The first-order chi connectivity index (χ1) is 7.25. The molecule has 1 N–H and O–H groups in total. The number of benzene rings is 1. The Morgan fingerprint density at radius 2 is 2.20 bits per heavy atom. The second-order valence-corrected chi connectivity index (χ2v) is 4.81. The average Bonchev–Trinajstić information content (AvgIpc) is 3.02. The van der Waals surface area contributed by atoms with E-state index in [9.17, 15) is 4.79 Å². The molecule has 1 aliphatic carbocycles. The van der Waals surface area contributed by atoms with Gasteiger partial charge < -0.3 is 4.98 Å². The number of hydrogen-bond acceptors (Lipinski definition) is 2. The standard InChI is InChI=1S/C11H9BrN2O/c12-7-3-8(6-1-2-6)10-9(4-7)11(15)14-5-13-10/h3-6H,1-2H2,(H,13,14,15). The summed E-state index contributed by atoms with van der Waals surface area (Å²) in [4.78, 5) is 18.5. The first-order valence-electron chi connectivity index (χ1n) is 4.92. The molecule has 76 valence electrons. The number of halogens is 1. The van der Waals surface area contributed by atoms with Gasteiger partial charge in [0.05, 0.1) is 17.2 Å². The van der Waals surface area contributed by atoms with Crippen LogP contribution < -0.4 is 5.56 Å². The number of nitrogens with zero attached hydrogens (tertiary/aromatic N) is 1. The minimum atomic E-state index is -0.0665. The molecule has 1 fully saturated rings. The highest BCUT2D eigenvalue weighted by Crippen LogP contribution is 2.43. The van der Waals surface area contributed by atoms with Crippen LogP contribution in [0.2, 0.25) is 0 Å². The monoisotopic (exact) mass is 264 g/mol. The zero-order chi connectivity index (χ0) is 10.4. The van der Waals surface area contributed by atoms with Gasteiger partial charge in [0.1, 0.15) is 0 Å². The van der Waals surface area contributed by atoms with Crippen molar-refractivity contribution in [2.24, 2.45) is 0 Å². The Morgan fingerprint density at radius 1 is 1.40 bits per heavy atom. The highest BCUT2D eigenvalue weighted by Gasteiger charge is 2.26. The van der Waals surface area contributed by atoms with Crippen molar-refractivity contribution in [2.45, 2.75) is 18.8 Å². The van der Waals surface area contributed by atoms with Crippen LogP contribution in [0, 0.1) is 0 Å². The van der Waals surface area contributed by atoms with Crippen LogP contribution in [0.15, 0.2) is 27.7 Å². The maximum atomic E-state index is 11.6. The third-order valence-corrected chi connectivity index (χ3v) is 3.21. The molecule has 1 aromatic carbocycles. The summed E-state index contributed by atoms with van der Waals surface area (Å²) in [6.07, 6.45) is 3.89. The molecular weight excluding hydrogens is 256 g/mol. The van der Waals surface area contributed by atoms with Gasteiger partial charge in [-0.15, -0.1) is 0 Å². The highest BCUT2D eigenvalue weighted by atomic mass is 79.9. The number of hydrogen-bond donors (Lipinski definition) is 1. The third-order valence-electron chi connectivity index (χ3n) is 2.76. The Morgan fingerprint density at radius 3 is 2.93 bits per heavy atom. The molecule has 2 aromatic rings. The molecule has 0 atom stereocenters. The maximum Gasteiger partial charge on any atom is 0.258 e. The van der Waals surface area contributed by atoms with Crippen molar-refractivity contribution in [1.82, 2.24) is 9.97 Å². The van der Waals surface area contributed by atoms with E-state index in [-0.39, 0.29) is 5.56 Å². The van der Waals surface area contributed by atoms with E-state index in [4.69, 9.17) is 0 Å². The average molecular weight is 265 g/mol. The van der Waals surface area contributed by atoms with Crippen molar-refractivity contribution < 1.29 is 0 Å². The molecule has 1 heterocycles. The molecule has 1 aromatic heterocycles. The molecule has 0 spiro atoms. The summed E-state index contributed by atoms with van der Waals surface area (Å²) in [5, 5.41) is 0.675. The number of aromatic nitrogens is 2. The van der Waals surface area contributed by atoms with Gasteiger partial charge >= 0.3 is 0 Å². The lowest BCUT2D eigenvalue weighted by molar-refractivity contribution is 1.10. The number of aromatic amines is 1. The minimum Gasteiger partial charge on any atom is -0.313 e. The Hall–Kier alpha value is -1.16. The fourth-order valence-electron chi connectivity index (χ4n) is 1.88. The molecule has 0 unspecified atom stereocenters. The van der Waals surface area contributed by atoms with Crippen LogP contribution >= 0.6 is 15.9 Å². The summed E-state index contributed by atoms with van der Waals surface area (Å²) in [7, 11) is 0. The van der Waals surface area contributed by atoms with Crippen LogP contribution in [-0.2, 0) is 0 Å². The molecule has 0 saturated heterocycles. The summed E-state index contributed by atoms with van der Waals surface area (Å²) < 4.78 is 0.954. The normalized spacial score (nSPS) is 15.8. The molecule has 4 heteroatoms. The van der Waals surface area contributed by atoms with E-state index in [0.717, 1.165) is 9.99 Å². The van der Waals surface area contributed by atoms with Crippen molar-refractivity contribution in [1.29, 1.82) is 0 Å². The molecule has 3 rings (SSSR count). The lowest BCUT2D eigenvalue weighted by Crippen LogP contribution is -2.07. The SMILES string of the molecule is O=c1[nH]cnc2c(C3CC3)cc(Br)cc12. The molecule has 0 amide bonds. The van der Waals surface area contributed by atoms with Crippen molar-refractivity contribution in [3.8, 4) is 0 Å². The number of nitrogens with one attached hydrogen (secondary N) is 1. The second-order valence-electron chi connectivity index (χ2n) is 3.90. The molecule has 1 saturated carbocycles. The van der Waals surface area contributed by atoms with E-state index in [1.807, 2.05) is 6.07 Å². The molecule has 0 bridgehead atoms. The lowest BCUT2D eigenvalue weighted by atomic mass is 10.1. The van der Waals surface area contributed by atoms with Gasteiger partial charge in [-0.2, -0.15) is 0 Å². The van der Waals surface area contributed by atoms with E-state index in [2.05, 4.69) is 32.0 Å². The summed E-state index contributed by atoms with van der Waals surface area (Å²) in [5.74, 6) is 0.597. The van der Waals surface area contributed by atoms with Crippen LogP contribution in [0.1, 0.15) is 24.3 Å². The predicted octanol–water partition coefficient (Wildman–Crippen LogP) is 2.56. The van der Waals surface area contributed by atoms with Gasteiger partial charge in [0.15, 0.2) is 0 Å². The molecule has 0 radical (unpaired) electrons. The maximum absolute atomic E-state index is 11.6. The zero-order valence-corrected chi connectivity index (χ0v) is 9.54. The smallest absolute Gasteiger partial charge is 0.258 e. The van der Waals surface area contributed by atoms with Crippen LogP contribution in [0.5, 0.6) is 0 Å². The molecule has 1 aliphatic rings. The zero-order valence-electron chi connectivity index (χ0n) is 7.96. The summed E-state index contributed by atoms with van der Waals surface area (Å²) in [5.41, 5.74) is 1.98. The third kappa shape index (κ3) is 1.49. The van der Waals surface area contributed by atoms with Gasteiger partial charge in [0.25, 0.3) is 5.56 Å². The first kappa shape index (κ1) is 9.09. The minimum absolute atomic E-state index is 0.0665. The Labute approximate surface area is 94.7 Å². The van der Waals surface area contributed by atoms with Crippen molar-refractivity contribution >= 4 is 26.8 Å². The number of H-pyrrole nitrogens is 1. The quantitative estimate of drug-likeness (QED) is 0.861. The predicted molar refractivity (Wildman–Crippen MR) is 62.0 cm³/mol. The van der Waals surface area contributed by atoms with Crippen molar-refractivity contribution in [3.05, 3.63) is 38.9 Å². The summed E-state index contributed by atoms with van der Waals surface area (Å²) in [6, 6.07) is 3.90. The van der Waals surface area contributed by atoms with Gasteiger partial charge in [-0.25, -0.2) is 4.98 Å². The van der Waals surface area contributed by atoms with E-state index in [1.165, 1.54) is 24.7 Å². The van der Waals surface area contributed by atoms with Crippen molar-refractivity contribution in [3.63, 3.8) is 0 Å². The first-order valence-corrected chi connectivity index (χ1v) is 5.72. The van der Waals surface area contributed by atoms with Gasteiger partial charge in [-0.05, 0) is 36.5 Å². The molecule has 0 aliphatic heterocycles. The van der Waals surface area contributed by atoms with Gasteiger partial charge in [-0.3, -0.25) is 4.79 Å². The topological polar surface area (TPSA) is 45.8 Å². The Kier molecular flexibility index (Phi) is 1.92. The lowest BCUT2D eigenvalue weighted by Gasteiger charge is -2.04. The number of fused-ring (bicyclic) bond motifs is 1. The van der Waals surface area contributed by atoms with Gasteiger partial charge in [-0.1, -0.05) is 15.9 Å².